The summed E-state index contributed by atoms with van der Waals surface area (Å²) in [5.41, 5.74) is 2.21. The van der Waals surface area contributed by atoms with E-state index >= 15 is 0 Å². The second-order valence-electron chi connectivity index (χ2n) is 8.16. The number of allylic oxidation sites excluding steroid dienone is 2. The van der Waals surface area contributed by atoms with Crippen LogP contribution in [0.1, 0.15) is 35.3 Å². The third-order valence-corrected chi connectivity index (χ3v) is 5.67. The molecule has 1 amide bonds. The first kappa shape index (κ1) is 26.3. The summed E-state index contributed by atoms with van der Waals surface area (Å²) < 4.78 is 11.2. The number of ether oxygens (including phenoxy) is 2. The van der Waals surface area contributed by atoms with Gasteiger partial charge in [0.1, 0.15) is 24.2 Å². The second-order valence-corrected chi connectivity index (χ2v) is 8.16. The van der Waals surface area contributed by atoms with E-state index in [1.165, 1.54) is 0 Å². The molecule has 0 aliphatic heterocycles. The van der Waals surface area contributed by atoms with Crippen molar-refractivity contribution in [3.63, 3.8) is 0 Å². The van der Waals surface area contributed by atoms with Gasteiger partial charge in [0.15, 0.2) is 0 Å². The Morgan fingerprint density at radius 1 is 0.944 bits per heavy atom. The highest BCUT2D eigenvalue weighted by atomic mass is 16.5. The summed E-state index contributed by atoms with van der Waals surface area (Å²) >= 11 is 0. The van der Waals surface area contributed by atoms with Gasteiger partial charge in [0.05, 0.1) is 7.11 Å². The van der Waals surface area contributed by atoms with E-state index in [1.54, 1.807) is 19.2 Å². The maximum atomic E-state index is 12.9. The van der Waals surface area contributed by atoms with Crippen LogP contribution < -0.4 is 20.5 Å². The molecule has 2 N–H and O–H groups in total. The number of carbonyl (C=O) groups is 2. The summed E-state index contributed by atoms with van der Waals surface area (Å²) in [5.74, 6) is -0.0569. The van der Waals surface area contributed by atoms with Gasteiger partial charge in [-0.3, -0.25) is 4.79 Å². The van der Waals surface area contributed by atoms with Gasteiger partial charge in [-0.05, 0) is 71.8 Å². The van der Waals surface area contributed by atoms with Crippen molar-refractivity contribution in [1.29, 1.82) is 0 Å². The van der Waals surface area contributed by atoms with Crippen LogP contribution >= 0.6 is 0 Å². The van der Waals surface area contributed by atoms with E-state index in [1.807, 2.05) is 92.7 Å². The third kappa shape index (κ3) is 7.34. The van der Waals surface area contributed by atoms with Gasteiger partial charge in [-0.15, -0.1) is 0 Å². The Morgan fingerprint density at radius 2 is 1.69 bits per heavy atom. The van der Waals surface area contributed by atoms with Gasteiger partial charge in [-0.2, -0.15) is 0 Å². The van der Waals surface area contributed by atoms with Crippen LogP contribution in [-0.4, -0.2) is 30.1 Å². The molecule has 0 aliphatic carbocycles. The minimum Gasteiger partial charge on any atom is -0.497 e. The minimum atomic E-state index is -1.08. The molecule has 186 valence electrons. The summed E-state index contributed by atoms with van der Waals surface area (Å²) in [6, 6.07) is 21.2. The van der Waals surface area contributed by atoms with Gasteiger partial charge in [0, 0.05) is 12.0 Å². The molecule has 0 spiro atoms. The topological polar surface area (TPSA) is 84.9 Å². The highest BCUT2D eigenvalue weighted by molar-refractivity contribution is 5.96. The number of hydrogen-bond donors (Lipinski definition) is 2. The predicted molar refractivity (Wildman–Crippen MR) is 141 cm³/mol. The van der Waals surface area contributed by atoms with E-state index in [0.717, 1.165) is 27.3 Å². The minimum absolute atomic E-state index is 0.204. The number of rotatable bonds is 10. The average molecular weight is 486 g/mol. The van der Waals surface area contributed by atoms with Crippen molar-refractivity contribution in [3.05, 3.63) is 112 Å². The molecule has 0 radical (unpaired) electrons. The number of carboxylic acid groups (broad SMARTS) is 1. The smallest absolute Gasteiger partial charge is 0.326 e. The Balaban J connectivity index is 1.76. The summed E-state index contributed by atoms with van der Waals surface area (Å²) in [6.45, 7) is 4.17. The first-order valence-electron chi connectivity index (χ1n) is 11.7. The van der Waals surface area contributed by atoms with E-state index in [0.29, 0.717) is 17.9 Å². The number of carboxylic acids is 1. The Bertz CT molecular complexity index is 1350. The van der Waals surface area contributed by atoms with Crippen molar-refractivity contribution < 1.29 is 24.2 Å². The quantitative estimate of drug-likeness (QED) is 0.427. The molecule has 3 rings (SSSR count). The Labute approximate surface area is 211 Å². The number of benzene rings is 3. The lowest BCUT2D eigenvalue weighted by atomic mass is 10.0. The molecule has 0 bridgehead atoms. The van der Waals surface area contributed by atoms with E-state index in [-0.39, 0.29) is 6.42 Å². The van der Waals surface area contributed by atoms with Crippen LogP contribution in [0.2, 0.25) is 0 Å². The lowest BCUT2D eigenvalue weighted by molar-refractivity contribution is -0.139. The van der Waals surface area contributed by atoms with Crippen molar-refractivity contribution in [2.75, 3.05) is 7.11 Å². The third-order valence-electron chi connectivity index (χ3n) is 5.67. The van der Waals surface area contributed by atoms with Crippen molar-refractivity contribution >= 4 is 24.0 Å². The molecule has 0 aromatic heterocycles. The molecule has 0 saturated heterocycles. The van der Waals surface area contributed by atoms with Gasteiger partial charge in [0.2, 0.25) is 0 Å². The zero-order valence-corrected chi connectivity index (χ0v) is 20.7. The second kappa shape index (κ2) is 13.0. The number of methoxy groups -OCH3 is 1. The van der Waals surface area contributed by atoms with Crippen LogP contribution in [0.3, 0.4) is 0 Å². The van der Waals surface area contributed by atoms with E-state index in [4.69, 9.17) is 9.47 Å². The molecule has 6 heteroatoms. The van der Waals surface area contributed by atoms with E-state index < -0.39 is 17.9 Å². The van der Waals surface area contributed by atoms with Crippen LogP contribution in [0.5, 0.6) is 5.75 Å². The molecule has 0 heterocycles. The normalized spacial score (nSPS) is 13.2. The summed E-state index contributed by atoms with van der Waals surface area (Å²) in [7, 11) is 1.63. The van der Waals surface area contributed by atoms with Gasteiger partial charge in [0.25, 0.3) is 5.91 Å². The SMILES string of the molecule is C/C=c1/cc(C(=O)NC(Cc2ccccc2)C(=O)O)cc/c1=C/C(=C\C)OCc1cccc(OC)c1. The van der Waals surface area contributed by atoms with E-state index in [9.17, 15) is 14.7 Å². The molecule has 1 unspecified atom stereocenters. The fourth-order valence-corrected chi connectivity index (χ4v) is 3.68. The molecule has 0 saturated carbocycles. The number of hydrogen-bond acceptors (Lipinski definition) is 4. The fraction of sp³-hybridized carbons (Fsp3) is 0.200. The highest BCUT2D eigenvalue weighted by Crippen LogP contribution is 2.15. The van der Waals surface area contributed by atoms with Crippen LogP contribution in [-0.2, 0) is 22.6 Å². The summed E-state index contributed by atoms with van der Waals surface area (Å²) in [6.07, 6.45) is 5.89. The molecular formula is C30H31NO5. The number of aliphatic carboxylic acids is 1. The Kier molecular flexibility index (Phi) is 9.46. The standard InChI is InChI=1S/C30H31NO5/c1-4-23-18-25(29(32)31-28(30(33)34)17-21-10-7-6-8-11-21)15-14-24(23)19-26(5-2)36-20-22-12-9-13-27(16-22)35-3/h4-16,18-19,28H,17,20H2,1-3H3,(H,31,32)(H,33,34)/b23-4-,24-19-,26-5+. The molecule has 1 atom stereocenters. The van der Waals surface area contributed by atoms with Gasteiger partial charge in [-0.25, -0.2) is 4.79 Å². The molecule has 3 aromatic carbocycles. The first-order chi connectivity index (χ1) is 17.4. The lowest BCUT2D eigenvalue weighted by Gasteiger charge is -2.15. The number of carbonyl (C=O) groups excluding carboxylic acids is 1. The molecule has 36 heavy (non-hydrogen) atoms. The Hall–Kier alpha value is -4.32. The van der Waals surface area contributed by atoms with Crippen LogP contribution in [0, 0.1) is 0 Å². The van der Waals surface area contributed by atoms with Crippen molar-refractivity contribution in [3.8, 4) is 5.75 Å². The number of amides is 1. The monoisotopic (exact) mass is 485 g/mol. The molecule has 6 nitrogen and oxygen atoms in total. The van der Waals surface area contributed by atoms with Crippen LogP contribution in [0.15, 0.2) is 84.6 Å². The molecule has 3 aromatic rings. The van der Waals surface area contributed by atoms with Gasteiger partial charge in [-0.1, -0.05) is 54.6 Å². The molecule has 0 fully saturated rings. The van der Waals surface area contributed by atoms with Gasteiger partial charge < -0.3 is 19.9 Å². The lowest BCUT2D eigenvalue weighted by Crippen LogP contribution is -2.42. The van der Waals surface area contributed by atoms with Crippen molar-refractivity contribution in [2.24, 2.45) is 0 Å². The zero-order chi connectivity index (χ0) is 25.9. The van der Waals surface area contributed by atoms with E-state index in [2.05, 4.69) is 5.32 Å². The molecular weight excluding hydrogens is 454 g/mol. The maximum absolute atomic E-state index is 12.9. The van der Waals surface area contributed by atoms with Gasteiger partial charge >= 0.3 is 5.97 Å². The first-order valence-corrected chi connectivity index (χ1v) is 11.7. The highest BCUT2D eigenvalue weighted by Gasteiger charge is 2.21. The maximum Gasteiger partial charge on any atom is 0.326 e. The number of nitrogens with one attached hydrogen (secondary N) is 1. The summed E-state index contributed by atoms with van der Waals surface area (Å²) in [5, 5.41) is 14.0. The van der Waals surface area contributed by atoms with Crippen LogP contribution in [0.4, 0.5) is 0 Å². The summed E-state index contributed by atoms with van der Waals surface area (Å²) in [4.78, 5) is 24.6. The van der Waals surface area contributed by atoms with Crippen molar-refractivity contribution in [2.45, 2.75) is 32.9 Å². The average Bonchev–Trinajstić information content (AvgIpc) is 2.91. The van der Waals surface area contributed by atoms with Crippen LogP contribution in [0.25, 0.3) is 12.2 Å². The van der Waals surface area contributed by atoms with Crippen molar-refractivity contribution in [1.82, 2.24) is 5.32 Å². The molecule has 0 aliphatic rings. The largest absolute Gasteiger partial charge is 0.497 e. The zero-order valence-electron chi connectivity index (χ0n) is 20.7. The fourth-order valence-electron chi connectivity index (χ4n) is 3.68. The predicted octanol–water partition coefficient (Wildman–Crippen LogP) is 3.82. The Morgan fingerprint density at radius 3 is 2.36 bits per heavy atom.